The molecule has 1 saturated heterocycles. The molecule has 0 aromatic heterocycles. The first kappa shape index (κ1) is 16.5. The number of nitrogens with two attached hydrogens (primary N) is 1. The van der Waals surface area contributed by atoms with Crippen molar-refractivity contribution in [1.29, 1.82) is 0 Å². The molecule has 0 radical (unpaired) electrons. The Labute approximate surface area is 147 Å². The molecule has 3 rings (SSSR count). The number of thioether (sulfide) groups is 1. The number of carbonyl (C=O) groups excluding carboxylic acids is 2. The van der Waals surface area contributed by atoms with Crippen LogP contribution < -0.4 is 10.6 Å². The number of hydrogen-bond acceptors (Lipinski definition) is 4. The van der Waals surface area contributed by atoms with Crippen LogP contribution in [0.1, 0.15) is 12.5 Å². The summed E-state index contributed by atoms with van der Waals surface area (Å²) < 4.78 is 13.3. The number of nitrogens with zero attached hydrogens (tertiary/aromatic N) is 1. The molecule has 0 bridgehead atoms. The van der Waals surface area contributed by atoms with E-state index in [2.05, 4.69) is 0 Å². The Morgan fingerprint density at radius 3 is 2.62 bits per heavy atom. The second kappa shape index (κ2) is 6.30. The predicted molar refractivity (Wildman–Crippen MR) is 95.3 cm³/mol. The Morgan fingerprint density at radius 2 is 1.96 bits per heavy atom. The summed E-state index contributed by atoms with van der Waals surface area (Å²) >= 11 is 6.58. The molecule has 0 aliphatic carbocycles. The molecule has 1 fully saturated rings. The van der Waals surface area contributed by atoms with E-state index < -0.39 is 17.0 Å². The lowest BCUT2D eigenvalue weighted by molar-refractivity contribution is -0.113. The molecule has 2 aromatic rings. The van der Waals surface area contributed by atoms with Crippen LogP contribution in [0.2, 0.25) is 5.02 Å². The summed E-state index contributed by atoms with van der Waals surface area (Å²) in [4.78, 5) is 26.2. The maximum atomic E-state index is 13.3. The third-order valence-electron chi connectivity index (χ3n) is 3.59. The number of imide groups is 1. The molecule has 24 heavy (non-hydrogen) atoms. The van der Waals surface area contributed by atoms with Crippen molar-refractivity contribution < 1.29 is 14.0 Å². The van der Waals surface area contributed by atoms with E-state index in [4.69, 9.17) is 17.3 Å². The number of anilines is 2. The van der Waals surface area contributed by atoms with Gasteiger partial charge in [-0.1, -0.05) is 23.7 Å². The van der Waals surface area contributed by atoms with Crippen LogP contribution in [0.15, 0.2) is 47.4 Å². The monoisotopic (exact) mass is 362 g/mol. The van der Waals surface area contributed by atoms with Gasteiger partial charge in [-0.2, -0.15) is 0 Å². The van der Waals surface area contributed by atoms with Crippen LogP contribution in [-0.4, -0.2) is 11.1 Å². The van der Waals surface area contributed by atoms with Gasteiger partial charge in [0.15, 0.2) is 0 Å². The average Bonchev–Trinajstić information content (AvgIpc) is 2.84. The zero-order valence-electron chi connectivity index (χ0n) is 12.5. The second-order valence-electron chi connectivity index (χ2n) is 5.19. The summed E-state index contributed by atoms with van der Waals surface area (Å²) in [5, 5.41) is -0.607. The maximum Gasteiger partial charge on any atom is 0.298 e. The lowest BCUT2D eigenvalue weighted by Gasteiger charge is -2.13. The Hall–Kier alpha value is -2.31. The van der Waals surface area contributed by atoms with Crippen molar-refractivity contribution >= 4 is 51.5 Å². The number of allylic oxidation sites excluding steroid dienone is 1. The number of halogens is 2. The molecule has 0 atom stereocenters. The Kier molecular flexibility index (Phi) is 4.34. The Balaban J connectivity index is 2.02. The fourth-order valence-corrected chi connectivity index (χ4v) is 3.43. The maximum absolute atomic E-state index is 13.3. The van der Waals surface area contributed by atoms with Gasteiger partial charge >= 0.3 is 0 Å². The van der Waals surface area contributed by atoms with E-state index in [1.54, 1.807) is 25.1 Å². The molecule has 4 nitrogen and oxygen atoms in total. The van der Waals surface area contributed by atoms with Crippen molar-refractivity contribution in [2.24, 2.45) is 0 Å². The molecular weight excluding hydrogens is 351 g/mol. The first-order valence-corrected chi connectivity index (χ1v) is 8.16. The summed E-state index contributed by atoms with van der Waals surface area (Å²) in [6.45, 7) is 1.75. The zero-order chi connectivity index (χ0) is 17.4. The van der Waals surface area contributed by atoms with E-state index in [0.29, 0.717) is 16.2 Å². The van der Waals surface area contributed by atoms with E-state index in [-0.39, 0.29) is 10.7 Å². The van der Waals surface area contributed by atoms with Gasteiger partial charge in [0.25, 0.3) is 11.1 Å². The molecule has 7 heteroatoms. The van der Waals surface area contributed by atoms with Crippen molar-refractivity contribution in [2.75, 3.05) is 10.6 Å². The lowest BCUT2D eigenvalue weighted by atomic mass is 10.1. The third kappa shape index (κ3) is 2.90. The second-order valence-corrected chi connectivity index (χ2v) is 6.56. The first-order valence-electron chi connectivity index (χ1n) is 6.96. The molecule has 1 aliphatic heterocycles. The number of carbonyl (C=O) groups is 2. The van der Waals surface area contributed by atoms with E-state index in [0.717, 1.165) is 28.3 Å². The molecule has 0 saturated carbocycles. The molecule has 2 aromatic carbocycles. The van der Waals surface area contributed by atoms with Gasteiger partial charge in [-0.15, -0.1) is 0 Å². The molecule has 0 unspecified atom stereocenters. The van der Waals surface area contributed by atoms with Gasteiger partial charge in [-0.05, 0) is 60.2 Å². The van der Waals surface area contributed by atoms with Crippen molar-refractivity contribution in [2.45, 2.75) is 6.92 Å². The van der Waals surface area contributed by atoms with Crippen LogP contribution in [0.25, 0.3) is 5.57 Å². The van der Waals surface area contributed by atoms with E-state index in [1.807, 2.05) is 6.07 Å². The number of amides is 2. The average molecular weight is 363 g/mol. The standard InChI is InChI=1S/C17H12ClFN2O2S/c1-9(10-3-2-4-11(20)7-10)15-16(22)21(17(23)24-15)12-5-6-14(19)13(18)8-12/h2-8H,20H2,1H3/b15-9-. The summed E-state index contributed by atoms with van der Waals surface area (Å²) in [7, 11) is 0. The highest BCUT2D eigenvalue weighted by atomic mass is 35.5. The number of rotatable bonds is 2. The van der Waals surface area contributed by atoms with Crippen molar-refractivity contribution in [3.8, 4) is 0 Å². The number of benzene rings is 2. The first-order chi connectivity index (χ1) is 11.4. The van der Waals surface area contributed by atoms with Gasteiger partial charge in [-0.25, -0.2) is 9.29 Å². The molecule has 0 spiro atoms. The Morgan fingerprint density at radius 1 is 1.21 bits per heavy atom. The molecule has 122 valence electrons. The molecule has 2 amide bonds. The smallest absolute Gasteiger partial charge is 0.298 e. The highest BCUT2D eigenvalue weighted by Gasteiger charge is 2.38. The van der Waals surface area contributed by atoms with Gasteiger partial charge < -0.3 is 5.73 Å². The summed E-state index contributed by atoms with van der Waals surface area (Å²) in [6.07, 6.45) is 0. The minimum atomic E-state index is -0.612. The van der Waals surface area contributed by atoms with E-state index >= 15 is 0 Å². The third-order valence-corrected chi connectivity index (χ3v) is 4.92. The quantitative estimate of drug-likeness (QED) is 0.621. The summed E-state index contributed by atoms with van der Waals surface area (Å²) in [5.41, 5.74) is 7.98. The van der Waals surface area contributed by atoms with Gasteiger partial charge in [-0.3, -0.25) is 9.59 Å². The summed E-state index contributed by atoms with van der Waals surface area (Å²) in [6, 6.07) is 10.8. The fraction of sp³-hybridized carbons (Fsp3) is 0.0588. The molecule has 1 heterocycles. The van der Waals surface area contributed by atoms with Crippen molar-refractivity contribution in [3.05, 3.63) is 63.8 Å². The van der Waals surface area contributed by atoms with E-state index in [9.17, 15) is 14.0 Å². The topological polar surface area (TPSA) is 63.4 Å². The highest BCUT2D eigenvalue weighted by Crippen LogP contribution is 2.39. The predicted octanol–water partition coefficient (Wildman–Crippen LogP) is 4.69. The largest absolute Gasteiger partial charge is 0.399 e. The minimum Gasteiger partial charge on any atom is -0.399 e. The SMILES string of the molecule is C/C(=C1/SC(=O)N(c2ccc(F)c(Cl)c2)C1=O)c1cccc(N)c1. The minimum absolute atomic E-state index is 0.150. The van der Waals surface area contributed by atoms with Crippen LogP contribution in [0, 0.1) is 5.82 Å². The highest BCUT2D eigenvalue weighted by molar-refractivity contribution is 8.19. The summed E-state index contributed by atoms with van der Waals surface area (Å²) in [5.74, 6) is -1.08. The van der Waals surface area contributed by atoms with Gasteiger partial charge in [0.2, 0.25) is 0 Å². The number of hydrogen-bond donors (Lipinski definition) is 1. The Bertz CT molecular complexity index is 898. The van der Waals surface area contributed by atoms with Gasteiger partial charge in [0, 0.05) is 5.69 Å². The van der Waals surface area contributed by atoms with Crippen LogP contribution in [-0.2, 0) is 4.79 Å². The molecular formula is C17H12ClFN2O2S. The number of nitrogen functional groups attached to an aromatic ring is 1. The normalized spacial score (nSPS) is 16.7. The van der Waals surface area contributed by atoms with Crippen LogP contribution >= 0.6 is 23.4 Å². The van der Waals surface area contributed by atoms with E-state index in [1.165, 1.54) is 12.1 Å². The molecule has 1 aliphatic rings. The van der Waals surface area contributed by atoms with Gasteiger partial charge in [0.1, 0.15) is 5.82 Å². The lowest BCUT2D eigenvalue weighted by Crippen LogP contribution is -2.27. The molecule has 2 N–H and O–H groups in total. The van der Waals surface area contributed by atoms with Gasteiger partial charge in [0.05, 0.1) is 15.6 Å². The van der Waals surface area contributed by atoms with Crippen molar-refractivity contribution in [1.82, 2.24) is 0 Å². The van der Waals surface area contributed by atoms with Crippen LogP contribution in [0.5, 0.6) is 0 Å². The van der Waals surface area contributed by atoms with Crippen molar-refractivity contribution in [3.63, 3.8) is 0 Å². The zero-order valence-corrected chi connectivity index (χ0v) is 14.1. The fourth-order valence-electron chi connectivity index (χ4n) is 2.35. The van der Waals surface area contributed by atoms with Crippen LogP contribution in [0.4, 0.5) is 20.6 Å². The van der Waals surface area contributed by atoms with Crippen LogP contribution in [0.3, 0.4) is 0 Å².